The fourth-order valence-electron chi connectivity index (χ4n) is 3.37. The Balaban J connectivity index is 0. The molecule has 0 spiro atoms. The summed E-state index contributed by atoms with van der Waals surface area (Å²) in [5.41, 5.74) is 0. The van der Waals surface area contributed by atoms with Gasteiger partial charge >= 0.3 is 0 Å². The van der Waals surface area contributed by atoms with Gasteiger partial charge in [-0.2, -0.15) is 0 Å². The van der Waals surface area contributed by atoms with E-state index >= 15 is 0 Å². The van der Waals surface area contributed by atoms with Crippen molar-refractivity contribution in [3.63, 3.8) is 0 Å². The summed E-state index contributed by atoms with van der Waals surface area (Å²) < 4.78 is 0. The number of allylic oxidation sites excluding steroid dienone is 2. The van der Waals surface area contributed by atoms with Gasteiger partial charge in [-0.3, -0.25) is 0 Å². The third kappa shape index (κ3) is 16.4. The van der Waals surface area contributed by atoms with Crippen LogP contribution in [-0.4, -0.2) is 10.6 Å². The second-order valence-electron chi connectivity index (χ2n) is 7.23. The second kappa shape index (κ2) is 20.5. The Morgan fingerprint density at radius 3 is 1.33 bits per heavy atom. The summed E-state index contributed by atoms with van der Waals surface area (Å²) in [4.78, 5) is 0. The minimum absolute atomic E-state index is 0. The highest BCUT2D eigenvalue weighted by atomic mass is 16.3. The van der Waals surface area contributed by atoms with Gasteiger partial charge in [0.2, 0.25) is 0 Å². The molecule has 0 fully saturated rings. The van der Waals surface area contributed by atoms with Gasteiger partial charge in [-0.1, -0.05) is 104 Å². The van der Waals surface area contributed by atoms with Crippen molar-refractivity contribution in [2.45, 2.75) is 124 Å². The minimum atomic E-state index is 0. The number of hydrogen-bond acceptors (Lipinski definition) is 1. The van der Waals surface area contributed by atoms with Gasteiger partial charge in [0, 0.05) is 5.92 Å². The van der Waals surface area contributed by atoms with E-state index in [0.29, 0.717) is 11.7 Å². The van der Waals surface area contributed by atoms with Crippen LogP contribution in [0.1, 0.15) is 124 Å². The molecule has 1 atom stereocenters. The lowest BCUT2D eigenvalue weighted by Gasteiger charge is -2.16. The van der Waals surface area contributed by atoms with E-state index in [9.17, 15) is 5.11 Å². The molecule has 0 saturated carbocycles. The SMILES string of the molecule is CC=C(O)C(CCCCCCCC)CCCCCCCCCC.O. The maximum atomic E-state index is 10.1. The first-order valence-electron chi connectivity index (χ1n) is 10.6. The predicted molar refractivity (Wildman–Crippen MR) is 109 cm³/mol. The Bertz CT molecular complexity index is 261. The van der Waals surface area contributed by atoms with Crippen LogP contribution in [0, 0.1) is 5.92 Å². The van der Waals surface area contributed by atoms with Crippen molar-refractivity contribution < 1.29 is 10.6 Å². The Kier molecular flexibility index (Phi) is 22.0. The lowest BCUT2D eigenvalue weighted by atomic mass is 9.92. The molecule has 0 rings (SSSR count). The zero-order valence-corrected chi connectivity index (χ0v) is 16.9. The number of hydrogen-bond donors (Lipinski definition) is 1. The third-order valence-corrected chi connectivity index (χ3v) is 5.03. The summed E-state index contributed by atoms with van der Waals surface area (Å²) in [5, 5.41) is 10.1. The molecule has 2 nitrogen and oxygen atoms in total. The standard InChI is InChI=1S/C22H44O.H2O/c1-4-7-9-11-13-14-16-18-20-21(22(23)6-3)19-17-15-12-10-8-5-2;/h6,21,23H,4-5,7-20H2,1-3H3;1H2. The van der Waals surface area contributed by atoms with E-state index in [-0.39, 0.29) is 5.48 Å². The lowest BCUT2D eigenvalue weighted by molar-refractivity contribution is 0.295. The Labute approximate surface area is 152 Å². The molecule has 2 heteroatoms. The molecule has 0 bridgehead atoms. The molecule has 0 aliphatic rings. The van der Waals surface area contributed by atoms with Crippen LogP contribution in [0.2, 0.25) is 0 Å². The molecular weight excluding hydrogens is 296 g/mol. The van der Waals surface area contributed by atoms with Crippen molar-refractivity contribution in [1.82, 2.24) is 0 Å². The smallest absolute Gasteiger partial charge is 0.0910 e. The van der Waals surface area contributed by atoms with E-state index in [0.717, 1.165) is 0 Å². The molecule has 0 aromatic carbocycles. The van der Waals surface area contributed by atoms with Crippen molar-refractivity contribution in [2.24, 2.45) is 5.92 Å². The average Bonchev–Trinajstić information content (AvgIpc) is 2.57. The quantitative estimate of drug-likeness (QED) is 0.215. The van der Waals surface area contributed by atoms with Crippen LogP contribution in [0.5, 0.6) is 0 Å². The van der Waals surface area contributed by atoms with Crippen LogP contribution in [0.25, 0.3) is 0 Å². The van der Waals surface area contributed by atoms with Gasteiger partial charge in [-0.25, -0.2) is 0 Å². The first kappa shape index (κ1) is 25.7. The fourth-order valence-corrected chi connectivity index (χ4v) is 3.37. The molecule has 24 heavy (non-hydrogen) atoms. The summed E-state index contributed by atoms with van der Waals surface area (Å²) >= 11 is 0. The van der Waals surface area contributed by atoms with Crippen LogP contribution < -0.4 is 0 Å². The van der Waals surface area contributed by atoms with E-state index < -0.39 is 0 Å². The van der Waals surface area contributed by atoms with Gasteiger partial charge in [0.25, 0.3) is 0 Å². The van der Waals surface area contributed by atoms with Gasteiger partial charge in [0.1, 0.15) is 0 Å². The molecule has 0 aromatic rings. The van der Waals surface area contributed by atoms with Crippen molar-refractivity contribution in [3.05, 3.63) is 11.8 Å². The van der Waals surface area contributed by atoms with Gasteiger partial charge in [-0.15, -0.1) is 0 Å². The Morgan fingerprint density at radius 1 is 0.667 bits per heavy atom. The van der Waals surface area contributed by atoms with Crippen LogP contribution in [-0.2, 0) is 0 Å². The highest BCUT2D eigenvalue weighted by Gasteiger charge is 2.12. The van der Waals surface area contributed by atoms with Gasteiger partial charge < -0.3 is 10.6 Å². The van der Waals surface area contributed by atoms with E-state index in [1.807, 2.05) is 13.0 Å². The summed E-state index contributed by atoms with van der Waals surface area (Å²) in [6.07, 6.45) is 23.3. The molecule has 0 radical (unpaired) electrons. The van der Waals surface area contributed by atoms with Crippen molar-refractivity contribution in [2.75, 3.05) is 0 Å². The lowest BCUT2D eigenvalue weighted by Crippen LogP contribution is -2.04. The van der Waals surface area contributed by atoms with Gasteiger partial charge in [-0.05, 0) is 25.8 Å². The highest BCUT2D eigenvalue weighted by molar-refractivity contribution is 4.94. The monoisotopic (exact) mass is 342 g/mol. The molecule has 0 aromatic heterocycles. The summed E-state index contributed by atoms with van der Waals surface area (Å²) in [7, 11) is 0. The number of aliphatic hydroxyl groups excluding tert-OH is 1. The van der Waals surface area contributed by atoms with Crippen LogP contribution in [0.15, 0.2) is 11.8 Å². The summed E-state index contributed by atoms with van der Waals surface area (Å²) in [6.45, 7) is 6.51. The van der Waals surface area contributed by atoms with Crippen LogP contribution in [0.3, 0.4) is 0 Å². The van der Waals surface area contributed by atoms with Crippen LogP contribution in [0.4, 0.5) is 0 Å². The molecule has 0 amide bonds. The summed E-state index contributed by atoms with van der Waals surface area (Å²) in [6, 6.07) is 0. The maximum absolute atomic E-state index is 10.1. The molecule has 3 N–H and O–H groups in total. The zero-order chi connectivity index (χ0) is 17.2. The average molecular weight is 343 g/mol. The Morgan fingerprint density at radius 2 is 1.00 bits per heavy atom. The predicted octanol–water partition coefficient (Wildman–Crippen LogP) is 7.52. The number of aliphatic hydroxyl groups is 1. The Hall–Kier alpha value is -0.500. The molecular formula is C22H46O2. The van der Waals surface area contributed by atoms with Crippen molar-refractivity contribution in [3.8, 4) is 0 Å². The molecule has 1 unspecified atom stereocenters. The zero-order valence-electron chi connectivity index (χ0n) is 16.9. The fraction of sp³-hybridized carbons (Fsp3) is 0.909. The summed E-state index contributed by atoms with van der Waals surface area (Å²) in [5.74, 6) is 1.06. The van der Waals surface area contributed by atoms with Crippen molar-refractivity contribution >= 4 is 0 Å². The van der Waals surface area contributed by atoms with E-state index in [1.165, 1.54) is 103 Å². The van der Waals surface area contributed by atoms with E-state index in [4.69, 9.17) is 0 Å². The molecule has 146 valence electrons. The largest absolute Gasteiger partial charge is 0.512 e. The van der Waals surface area contributed by atoms with E-state index in [2.05, 4.69) is 13.8 Å². The maximum Gasteiger partial charge on any atom is 0.0910 e. The van der Waals surface area contributed by atoms with E-state index in [1.54, 1.807) is 0 Å². The number of unbranched alkanes of at least 4 members (excludes halogenated alkanes) is 12. The first-order valence-corrected chi connectivity index (χ1v) is 10.6. The molecule has 0 aliphatic carbocycles. The second-order valence-corrected chi connectivity index (χ2v) is 7.23. The molecule has 0 saturated heterocycles. The van der Waals surface area contributed by atoms with Gasteiger partial charge in [0.15, 0.2) is 0 Å². The molecule has 0 aliphatic heterocycles. The van der Waals surface area contributed by atoms with Crippen LogP contribution >= 0.6 is 0 Å². The topological polar surface area (TPSA) is 51.7 Å². The highest BCUT2D eigenvalue weighted by Crippen LogP contribution is 2.24. The first-order chi connectivity index (χ1) is 11.3. The normalized spacial score (nSPS) is 12.9. The van der Waals surface area contributed by atoms with Gasteiger partial charge in [0.05, 0.1) is 5.76 Å². The minimum Gasteiger partial charge on any atom is -0.512 e. The van der Waals surface area contributed by atoms with Crippen molar-refractivity contribution in [1.29, 1.82) is 0 Å². The number of rotatable bonds is 17. The third-order valence-electron chi connectivity index (χ3n) is 5.03. The molecule has 0 heterocycles.